The number of anilines is 2. The van der Waals surface area contributed by atoms with Gasteiger partial charge >= 0.3 is 6.18 Å². The van der Waals surface area contributed by atoms with Gasteiger partial charge in [-0.05, 0) is 60.7 Å². The number of hydrogen-bond donors (Lipinski definition) is 1. The molecule has 3 aromatic rings. The van der Waals surface area contributed by atoms with Crippen LogP contribution in [0.15, 0.2) is 67.1 Å². The number of aromatic nitrogens is 2. The molecule has 0 amide bonds. The monoisotopic (exact) mass is 450 g/mol. The van der Waals surface area contributed by atoms with Gasteiger partial charge in [0.15, 0.2) is 0 Å². The smallest absolute Gasteiger partial charge is 0.383 e. The average Bonchev–Trinajstić information content (AvgIpc) is 3.19. The minimum atomic E-state index is -4.36. The zero-order chi connectivity index (χ0) is 23.8. The third kappa shape index (κ3) is 4.49. The van der Waals surface area contributed by atoms with Crippen molar-refractivity contribution < 1.29 is 13.2 Å². The van der Waals surface area contributed by atoms with E-state index in [4.69, 9.17) is 5.73 Å². The molecule has 4 nitrogen and oxygen atoms in total. The lowest BCUT2D eigenvalue weighted by atomic mass is 9.95. The van der Waals surface area contributed by atoms with Gasteiger partial charge in [0.2, 0.25) is 0 Å². The molecule has 1 aliphatic rings. The van der Waals surface area contributed by atoms with Crippen molar-refractivity contribution in [2.75, 3.05) is 17.2 Å². The van der Waals surface area contributed by atoms with Crippen molar-refractivity contribution in [3.05, 3.63) is 101 Å². The van der Waals surface area contributed by atoms with Crippen molar-refractivity contribution in [2.45, 2.75) is 32.9 Å². The minimum Gasteiger partial charge on any atom is -0.383 e. The normalized spacial score (nSPS) is 13.8. The van der Waals surface area contributed by atoms with Crippen LogP contribution in [0.4, 0.5) is 24.7 Å². The molecule has 0 spiro atoms. The molecule has 7 heteroatoms. The zero-order valence-electron chi connectivity index (χ0n) is 18.6. The number of nitrogens with two attached hydrogens (primary N) is 1. The van der Waals surface area contributed by atoms with Gasteiger partial charge in [0, 0.05) is 29.9 Å². The van der Waals surface area contributed by atoms with Crippen LogP contribution in [0.3, 0.4) is 0 Å². The Hall–Kier alpha value is -3.61. The van der Waals surface area contributed by atoms with Crippen LogP contribution in [0.1, 0.15) is 40.4 Å². The Bertz CT molecular complexity index is 1220. The van der Waals surface area contributed by atoms with Crippen molar-refractivity contribution in [3.63, 3.8) is 0 Å². The van der Waals surface area contributed by atoms with Gasteiger partial charge in [0.1, 0.15) is 12.1 Å². The molecule has 0 saturated heterocycles. The molecule has 0 aliphatic carbocycles. The first kappa shape index (κ1) is 22.6. The lowest BCUT2D eigenvalue weighted by molar-refractivity contribution is -0.137. The fourth-order valence-electron chi connectivity index (χ4n) is 4.37. The van der Waals surface area contributed by atoms with E-state index in [0.717, 1.165) is 58.4 Å². The molecular weight excluding hydrogens is 425 g/mol. The first-order valence-electron chi connectivity index (χ1n) is 10.7. The fourth-order valence-corrected chi connectivity index (χ4v) is 4.37. The highest BCUT2D eigenvalue weighted by Crippen LogP contribution is 2.37. The summed E-state index contributed by atoms with van der Waals surface area (Å²) in [6, 6.07) is 11.6. The minimum absolute atomic E-state index is 0.350. The molecule has 0 bridgehead atoms. The third-order valence-electron chi connectivity index (χ3n) is 5.95. The van der Waals surface area contributed by atoms with Gasteiger partial charge in [0.25, 0.3) is 0 Å². The summed E-state index contributed by atoms with van der Waals surface area (Å²) in [5.41, 5.74) is 12.7. The molecule has 0 unspecified atom stereocenters. The van der Waals surface area contributed by atoms with Crippen LogP contribution in [-0.2, 0) is 19.0 Å². The van der Waals surface area contributed by atoms with Gasteiger partial charge in [-0.25, -0.2) is 9.97 Å². The quantitative estimate of drug-likeness (QED) is 0.521. The second-order valence-electron chi connectivity index (χ2n) is 8.11. The number of aryl methyl sites for hydroxylation is 1. The zero-order valence-corrected chi connectivity index (χ0v) is 18.6. The first-order chi connectivity index (χ1) is 15.7. The Morgan fingerprint density at radius 2 is 1.97 bits per heavy atom. The maximum Gasteiger partial charge on any atom is 0.416 e. The number of benzene rings is 2. The fraction of sp³-hybridized carbons (Fsp3) is 0.231. The van der Waals surface area contributed by atoms with E-state index >= 15 is 0 Å². The van der Waals surface area contributed by atoms with Crippen LogP contribution in [0, 0.1) is 6.92 Å². The van der Waals surface area contributed by atoms with Crippen molar-refractivity contribution in [1.82, 2.24) is 9.97 Å². The van der Waals surface area contributed by atoms with Gasteiger partial charge in [-0.2, -0.15) is 13.2 Å². The molecule has 1 aliphatic heterocycles. The van der Waals surface area contributed by atoms with Crippen molar-refractivity contribution in [3.8, 4) is 0 Å². The Morgan fingerprint density at radius 1 is 1.18 bits per heavy atom. The number of allylic oxidation sites excluding steroid dienone is 2. The maximum absolute atomic E-state index is 13.1. The van der Waals surface area contributed by atoms with E-state index in [-0.39, 0.29) is 0 Å². The van der Waals surface area contributed by atoms with Gasteiger partial charge in [-0.1, -0.05) is 36.9 Å². The Kier molecular flexibility index (Phi) is 5.97. The van der Waals surface area contributed by atoms with Crippen LogP contribution >= 0.6 is 0 Å². The summed E-state index contributed by atoms with van der Waals surface area (Å²) in [4.78, 5) is 10.5. The summed E-state index contributed by atoms with van der Waals surface area (Å²) in [6.45, 7) is 8.76. The van der Waals surface area contributed by atoms with Gasteiger partial charge in [-0.15, -0.1) is 0 Å². The number of fused-ring (bicyclic) bond motifs is 1. The molecule has 2 aromatic carbocycles. The van der Waals surface area contributed by atoms with Crippen LogP contribution in [0.5, 0.6) is 0 Å². The van der Waals surface area contributed by atoms with Crippen LogP contribution in [0.2, 0.25) is 0 Å². The molecule has 33 heavy (non-hydrogen) atoms. The summed E-state index contributed by atoms with van der Waals surface area (Å²) in [5, 5.41) is 0. The summed E-state index contributed by atoms with van der Waals surface area (Å²) >= 11 is 0. The standard InChI is InChI=1S/C26H25F3N4/c1-4-22(24-17(3)31-15-32-25(24)30)19-8-9-23-20(14-19)10-11-33(23)16(2)12-18-6-5-7-21(13-18)26(27,28)29/h4-9,13-15H,2,10-12H2,1,3H3,(H2,30,31,32)/b22-4-. The number of nitrogens with zero attached hydrogens (tertiary/aromatic N) is 3. The molecule has 0 atom stereocenters. The van der Waals surface area contributed by atoms with E-state index in [2.05, 4.69) is 27.5 Å². The maximum atomic E-state index is 13.1. The molecule has 0 radical (unpaired) electrons. The molecule has 1 aromatic heterocycles. The predicted octanol–water partition coefficient (Wildman–Crippen LogP) is 5.96. The average molecular weight is 451 g/mol. The molecule has 170 valence electrons. The lowest BCUT2D eigenvalue weighted by Gasteiger charge is -2.23. The van der Waals surface area contributed by atoms with E-state index in [1.165, 1.54) is 18.5 Å². The highest BCUT2D eigenvalue weighted by Gasteiger charge is 2.30. The molecule has 2 N–H and O–H groups in total. The van der Waals surface area contributed by atoms with Crippen LogP contribution in [0.25, 0.3) is 5.57 Å². The van der Waals surface area contributed by atoms with Gasteiger partial charge in [0.05, 0.1) is 11.3 Å². The molecular formula is C26H25F3N4. The molecule has 0 fully saturated rings. The van der Waals surface area contributed by atoms with Crippen molar-refractivity contribution in [1.29, 1.82) is 0 Å². The number of nitrogen functional groups attached to an aromatic ring is 1. The van der Waals surface area contributed by atoms with Crippen LogP contribution in [-0.4, -0.2) is 16.5 Å². The molecule has 4 rings (SSSR count). The van der Waals surface area contributed by atoms with E-state index in [0.29, 0.717) is 17.8 Å². The Morgan fingerprint density at radius 3 is 2.67 bits per heavy atom. The van der Waals surface area contributed by atoms with E-state index in [9.17, 15) is 13.2 Å². The molecule has 0 saturated carbocycles. The number of halogens is 3. The topological polar surface area (TPSA) is 55.0 Å². The SMILES string of the molecule is C=C(Cc1cccc(C(F)(F)F)c1)N1CCc2cc(/C(=C/C)c3c(C)ncnc3N)ccc21. The Labute approximate surface area is 191 Å². The summed E-state index contributed by atoms with van der Waals surface area (Å²) in [6.07, 6.45) is 0.273. The highest BCUT2D eigenvalue weighted by molar-refractivity contribution is 5.86. The van der Waals surface area contributed by atoms with Gasteiger partial charge < -0.3 is 10.6 Å². The molecule has 2 heterocycles. The van der Waals surface area contributed by atoms with Crippen molar-refractivity contribution >= 4 is 17.1 Å². The summed E-state index contributed by atoms with van der Waals surface area (Å²) < 4.78 is 39.2. The predicted molar refractivity (Wildman–Crippen MR) is 126 cm³/mol. The van der Waals surface area contributed by atoms with E-state index in [1.54, 1.807) is 6.07 Å². The van der Waals surface area contributed by atoms with Crippen LogP contribution < -0.4 is 10.6 Å². The summed E-state index contributed by atoms with van der Waals surface area (Å²) in [5.74, 6) is 0.437. The number of rotatable bonds is 5. The van der Waals surface area contributed by atoms with Gasteiger partial charge in [-0.3, -0.25) is 0 Å². The van der Waals surface area contributed by atoms with E-state index in [1.807, 2.05) is 32.1 Å². The highest BCUT2D eigenvalue weighted by atomic mass is 19.4. The largest absolute Gasteiger partial charge is 0.416 e. The first-order valence-corrected chi connectivity index (χ1v) is 10.7. The second kappa shape index (κ2) is 8.73. The Balaban J connectivity index is 1.58. The van der Waals surface area contributed by atoms with E-state index < -0.39 is 11.7 Å². The second-order valence-corrected chi connectivity index (χ2v) is 8.11. The number of hydrogen-bond acceptors (Lipinski definition) is 4. The third-order valence-corrected chi connectivity index (χ3v) is 5.95. The lowest BCUT2D eigenvalue weighted by Crippen LogP contribution is -2.20. The van der Waals surface area contributed by atoms with Crippen molar-refractivity contribution in [2.24, 2.45) is 0 Å². The number of alkyl halides is 3. The summed E-state index contributed by atoms with van der Waals surface area (Å²) in [7, 11) is 0.